The minimum atomic E-state index is -3.91. The van der Waals surface area contributed by atoms with Crippen LogP contribution >= 0.6 is 7.82 Å². The molecule has 0 atom stereocenters. The maximum atomic E-state index is 11.7. The fourth-order valence-corrected chi connectivity index (χ4v) is 1.63. The molecule has 0 rings (SSSR count). The lowest BCUT2D eigenvalue weighted by Gasteiger charge is -2.19. The normalized spacial score (nSPS) is 10.9. The van der Waals surface area contributed by atoms with Gasteiger partial charge in [-0.2, -0.15) is 0 Å². The second-order valence-electron chi connectivity index (χ2n) is 2.85. The first-order chi connectivity index (χ1) is 8.35. The van der Waals surface area contributed by atoms with Crippen LogP contribution in [0.5, 0.6) is 0 Å². The number of esters is 2. The molecule has 9 heteroatoms. The van der Waals surface area contributed by atoms with Gasteiger partial charge in [0.05, 0.1) is 14.2 Å². The van der Waals surface area contributed by atoms with Crippen LogP contribution in [0.25, 0.3) is 0 Å². The summed E-state index contributed by atoms with van der Waals surface area (Å²) < 4.78 is 34.1. The molecule has 0 aliphatic carbocycles. The van der Waals surface area contributed by atoms with Crippen LogP contribution in [0.3, 0.4) is 0 Å². The quantitative estimate of drug-likeness (QED) is 0.294. The monoisotopic (exact) mass is 282 g/mol. The van der Waals surface area contributed by atoms with Gasteiger partial charge in [0.25, 0.3) is 0 Å². The second-order valence-corrected chi connectivity index (χ2v) is 4.66. The average Bonchev–Trinajstić information content (AvgIpc) is 2.37. The van der Waals surface area contributed by atoms with E-state index in [9.17, 15) is 14.2 Å². The first kappa shape index (κ1) is 16.6. The van der Waals surface area contributed by atoms with Crippen molar-refractivity contribution < 1.29 is 37.2 Å². The summed E-state index contributed by atoms with van der Waals surface area (Å²) in [5, 5.41) is 0. The van der Waals surface area contributed by atoms with Crippen LogP contribution in [0.1, 0.15) is 0 Å². The molecule has 0 N–H and O–H groups in total. The lowest BCUT2D eigenvalue weighted by molar-refractivity contribution is -0.157. The van der Waals surface area contributed by atoms with E-state index in [0.29, 0.717) is 0 Å². The number of phosphoric acid groups is 1. The Morgan fingerprint density at radius 3 is 1.67 bits per heavy atom. The SMILES string of the molecule is C=C(OP(=O)(OC)OC)C(C(=O)OC)C(=O)OC. The number of carbonyl (C=O) groups is 2. The maximum absolute atomic E-state index is 11.7. The molecular formula is C9H15O8P. The van der Waals surface area contributed by atoms with E-state index in [1.165, 1.54) is 0 Å². The Bertz CT molecular complexity index is 353. The number of methoxy groups -OCH3 is 2. The Morgan fingerprint density at radius 2 is 1.39 bits per heavy atom. The number of hydrogen-bond donors (Lipinski definition) is 0. The molecule has 0 aliphatic heterocycles. The van der Waals surface area contributed by atoms with Crippen LogP contribution < -0.4 is 0 Å². The van der Waals surface area contributed by atoms with Crippen molar-refractivity contribution in [1.29, 1.82) is 0 Å². The van der Waals surface area contributed by atoms with Crippen molar-refractivity contribution in [2.24, 2.45) is 5.92 Å². The molecule has 0 unspecified atom stereocenters. The Balaban J connectivity index is 5.05. The summed E-state index contributed by atoms with van der Waals surface area (Å²) >= 11 is 0. The van der Waals surface area contributed by atoms with Gasteiger partial charge in [-0.1, -0.05) is 6.58 Å². The van der Waals surface area contributed by atoms with Gasteiger partial charge in [0.15, 0.2) is 0 Å². The molecule has 104 valence electrons. The highest BCUT2D eigenvalue weighted by Crippen LogP contribution is 2.50. The zero-order chi connectivity index (χ0) is 14.3. The van der Waals surface area contributed by atoms with E-state index < -0.39 is 31.4 Å². The fraction of sp³-hybridized carbons (Fsp3) is 0.556. The topological polar surface area (TPSA) is 97.4 Å². The number of phosphoric ester groups is 1. The Labute approximate surface area is 104 Å². The molecule has 8 nitrogen and oxygen atoms in total. The van der Waals surface area contributed by atoms with Crippen molar-refractivity contribution in [1.82, 2.24) is 0 Å². The molecule has 0 aromatic rings. The van der Waals surface area contributed by atoms with Crippen LogP contribution in [-0.2, 0) is 37.2 Å². The average molecular weight is 282 g/mol. The van der Waals surface area contributed by atoms with Crippen molar-refractivity contribution in [3.05, 3.63) is 12.3 Å². The van der Waals surface area contributed by atoms with E-state index in [-0.39, 0.29) is 0 Å². The molecule has 0 aromatic heterocycles. The van der Waals surface area contributed by atoms with Gasteiger partial charge < -0.3 is 14.0 Å². The van der Waals surface area contributed by atoms with Gasteiger partial charge in [0.1, 0.15) is 5.76 Å². The second kappa shape index (κ2) is 7.15. The fourth-order valence-electron chi connectivity index (χ4n) is 0.940. The molecule has 0 radical (unpaired) electrons. The molecule has 0 bridgehead atoms. The van der Waals surface area contributed by atoms with E-state index in [0.717, 1.165) is 28.4 Å². The largest absolute Gasteiger partial charge is 0.529 e. The number of hydrogen-bond acceptors (Lipinski definition) is 8. The molecule has 18 heavy (non-hydrogen) atoms. The summed E-state index contributed by atoms with van der Waals surface area (Å²) in [7, 11) is 0.372. The standard InChI is InChI=1S/C9H15O8P/c1-6(17-18(12,15-4)16-5)7(8(10)13-2)9(11)14-3/h7H,1H2,2-5H3. The van der Waals surface area contributed by atoms with Gasteiger partial charge in [-0.25, -0.2) is 4.57 Å². The van der Waals surface area contributed by atoms with E-state index >= 15 is 0 Å². The molecule has 0 aliphatic rings. The van der Waals surface area contributed by atoms with Crippen molar-refractivity contribution in [2.45, 2.75) is 0 Å². The van der Waals surface area contributed by atoms with E-state index in [1.54, 1.807) is 0 Å². The molecule has 0 fully saturated rings. The van der Waals surface area contributed by atoms with Gasteiger partial charge in [-0.05, 0) is 0 Å². The summed E-state index contributed by atoms with van der Waals surface area (Å²) in [6, 6.07) is 0. The number of ether oxygens (including phenoxy) is 2. The molecule has 0 heterocycles. The molecule has 0 saturated heterocycles. The Hall–Kier alpha value is -1.37. The summed E-state index contributed by atoms with van der Waals surface area (Å²) in [4.78, 5) is 22.8. The van der Waals surface area contributed by atoms with Crippen LogP contribution in [0, 0.1) is 5.92 Å². The minimum Gasteiger partial charge on any atom is -0.468 e. The number of rotatable bonds is 7. The van der Waals surface area contributed by atoms with E-state index in [1.807, 2.05) is 0 Å². The van der Waals surface area contributed by atoms with Crippen LogP contribution in [0.4, 0.5) is 0 Å². The summed E-state index contributed by atoms with van der Waals surface area (Å²) in [5.41, 5.74) is 0. The van der Waals surface area contributed by atoms with Crippen molar-refractivity contribution in [3.63, 3.8) is 0 Å². The first-order valence-corrected chi connectivity index (χ1v) is 6.06. The van der Waals surface area contributed by atoms with Crippen LogP contribution in [0.2, 0.25) is 0 Å². The molecule has 0 amide bonds. The lowest BCUT2D eigenvalue weighted by Crippen LogP contribution is -2.28. The van der Waals surface area contributed by atoms with Gasteiger partial charge >= 0.3 is 19.8 Å². The van der Waals surface area contributed by atoms with Crippen molar-refractivity contribution in [3.8, 4) is 0 Å². The first-order valence-electron chi connectivity index (χ1n) is 4.60. The van der Waals surface area contributed by atoms with Gasteiger partial charge in [-0.3, -0.25) is 18.6 Å². The smallest absolute Gasteiger partial charge is 0.468 e. The minimum absolute atomic E-state index is 0.458. The van der Waals surface area contributed by atoms with Crippen LogP contribution in [0.15, 0.2) is 12.3 Å². The zero-order valence-electron chi connectivity index (χ0n) is 10.5. The highest BCUT2D eigenvalue weighted by atomic mass is 31.2. The Morgan fingerprint density at radius 1 is 1.00 bits per heavy atom. The van der Waals surface area contributed by atoms with Gasteiger partial charge in [0.2, 0.25) is 5.92 Å². The molecule has 0 saturated carbocycles. The molecule has 0 aromatic carbocycles. The predicted octanol–water partition coefficient (Wildman–Crippen LogP) is 0.880. The summed E-state index contributed by atoms with van der Waals surface area (Å²) in [6.45, 7) is 3.32. The third-order valence-electron chi connectivity index (χ3n) is 1.87. The maximum Gasteiger partial charge on any atom is 0.529 e. The van der Waals surface area contributed by atoms with Gasteiger partial charge in [-0.15, -0.1) is 0 Å². The van der Waals surface area contributed by atoms with E-state index in [2.05, 4.69) is 25.1 Å². The zero-order valence-corrected chi connectivity index (χ0v) is 11.4. The highest BCUT2D eigenvalue weighted by molar-refractivity contribution is 7.48. The Kier molecular flexibility index (Phi) is 6.61. The summed E-state index contributed by atoms with van der Waals surface area (Å²) in [6.07, 6.45) is 0. The third-order valence-corrected chi connectivity index (χ3v) is 3.22. The lowest BCUT2D eigenvalue weighted by atomic mass is 10.1. The van der Waals surface area contributed by atoms with Gasteiger partial charge in [0, 0.05) is 14.2 Å². The highest BCUT2D eigenvalue weighted by Gasteiger charge is 2.37. The molecular weight excluding hydrogens is 267 g/mol. The number of carbonyl (C=O) groups excluding carboxylic acids is 2. The van der Waals surface area contributed by atoms with E-state index in [4.69, 9.17) is 4.52 Å². The molecule has 0 spiro atoms. The predicted molar refractivity (Wildman–Crippen MR) is 59.4 cm³/mol. The van der Waals surface area contributed by atoms with Crippen molar-refractivity contribution >= 4 is 19.8 Å². The third kappa shape index (κ3) is 4.14. The van der Waals surface area contributed by atoms with Crippen LogP contribution in [-0.4, -0.2) is 40.4 Å². The van der Waals surface area contributed by atoms with Crippen molar-refractivity contribution in [2.75, 3.05) is 28.4 Å². The summed E-state index contributed by atoms with van der Waals surface area (Å²) in [5.74, 6) is -3.96.